The van der Waals surface area contributed by atoms with E-state index in [2.05, 4.69) is 19.1 Å². The number of unbranched alkanes of at least 4 members (excludes halogenated alkanes) is 17. The van der Waals surface area contributed by atoms with Crippen molar-refractivity contribution in [1.82, 2.24) is 0 Å². The average molecular weight is 573 g/mol. The van der Waals surface area contributed by atoms with Crippen LogP contribution >= 0.6 is 0 Å². The second-order valence-corrected chi connectivity index (χ2v) is 13.2. The number of epoxide rings is 2. The fourth-order valence-electron chi connectivity index (χ4n) is 6.49. The minimum absolute atomic E-state index is 0.0250. The number of esters is 1. The Morgan fingerprint density at radius 3 is 1.66 bits per heavy atom. The zero-order chi connectivity index (χ0) is 29.0. The van der Waals surface area contributed by atoms with Crippen LogP contribution in [-0.2, 0) is 19.0 Å². The fraction of sp³-hybridized carbons (Fsp3) is 0.865. The highest BCUT2D eigenvalue weighted by atomic mass is 16.6. The lowest BCUT2D eigenvalue weighted by Gasteiger charge is -2.03. The Morgan fingerprint density at radius 1 is 0.585 bits per heavy atom. The number of carbonyl (C=O) groups is 1. The summed E-state index contributed by atoms with van der Waals surface area (Å²) in [7, 11) is 0. The third-order valence-electron chi connectivity index (χ3n) is 9.30. The number of rotatable bonds is 28. The summed E-state index contributed by atoms with van der Waals surface area (Å²) in [6.07, 6.45) is 41.3. The molecule has 0 aromatic rings. The predicted molar refractivity (Wildman–Crippen MR) is 171 cm³/mol. The Kier molecular flexibility index (Phi) is 18.1. The number of ether oxygens (including phenoxy) is 3. The van der Waals surface area contributed by atoms with Crippen molar-refractivity contribution in [1.29, 1.82) is 0 Å². The molecule has 0 saturated carbocycles. The van der Waals surface area contributed by atoms with Gasteiger partial charge < -0.3 is 14.2 Å². The van der Waals surface area contributed by atoms with Crippen molar-refractivity contribution in [3.63, 3.8) is 0 Å². The summed E-state index contributed by atoms with van der Waals surface area (Å²) in [5.74, 6) is -0.0966. The first-order chi connectivity index (χ1) is 20.2. The molecule has 0 aromatic carbocycles. The van der Waals surface area contributed by atoms with E-state index in [1.165, 1.54) is 148 Å². The first-order valence-electron chi connectivity index (χ1n) is 18.0. The smallest absolute Gasteiger partial charge is 0.334 e. The maximum Gasteiger partial charge on any atom is 0.334 e. The van der Waals surface area contributed by atoms with Gasteiger partial charge in [-0.1, -0.05) is 122 Å². The van der Waals surface area contributed by atoms with E-state index in [1.807, 2.05) is 13.0 Å². The standard InChI is InChI=1S/C37H64O4/c1-3-4-5-6-7-8-9-10-14-17-20-23-26-33-35(40-33)28-29-36-34(41-36)27-24-21-18-15-12-11-13-16-19-22-25-32-30-31(2)39-37(32)38/h17,20,30-31,33-36H,3-16,18-19,21-29H2,1-2H3/b20-17+/t31-,33+,34-,35-,36-/m1/s1. The molecule has 0 radical (unpaired) electrons. The molecule has 0 aromatic heterocycles. The molecule has 5 atom stereocenters. The highest BCUT2D eigenvalue weighted by Crippen LogP contribution is 2.36. The summed E-state index contributed by atoms with van der Waals surface area (Å²) >= 11 is 0. The van der Waals surface area contributed by atoms with Gasteiger partial charge in [-0.2, -0.15) is 0 Å². The molecule has 0 unspecified atom stereocenters. The second kappa shape index (κ2) is 21.5. The molecule has 0 spiro atoms. The molecule has 2 fully saturated rings. The van der Waals surface area contributed by atoms with E-state index in [-0.39, 0.29) is 12.1 Å². The van der Waals surface area contributed by atoms with E-state index in [0.29, 0.717) is 24.4 Å². The second-order valence-electron chi connectivity index (χ2n) is 13.2. The maximum atomic E-state index is 11.6. The number of cyclic esters (lactones) is 1. The average Bonchev–Trinajstić information content (AvgIpc) is 3.87. The molecule has 0 aliphatic carbocycles. The van der Waals surface area contributed by atoms with E-state index >= 15 is 0 Å². The molecule has 0 bridgehead atoms. The highest BCUT2D eigenvalue weighted by Gasteiger charge is 2.42. The third-order valence-corrected chi connectivity index (χ3v) is 9.30. The molecule has 3 heterocycles. The number of hydrogen-bond acceptors (Lipinski definition) is 4. The van der Waals surface area contributed by atoms with Crippen molar-refractivity contribution >= 4 is 5.97 Å². The zero-order valence-corrected chi connectivity index (χ0v) is 26.9. The Labute approximate surface area is 253 Å². The largest absolute Gasteiger partial charge is 0.455 e. The molecule has 41 heavy (non-hydrogen) atoms. The van der Waals surface area contributed by atoms with E-state index in [1.54, 1.807) is 0 Å². The van der Waals surface area contributed by atoms with Gasteiger partial charge in [0.2, 0.25) is 0 Å². The summed E-state index contributed by atoms with van der Waals surface area (Å²) in [5, 5.41) is 0. The van der Waals surface area contributed by atoms with Crippen LogP contribution in [0.5, 0.6) is 0 Å². The lowest BCUT2D eigenvalue weighted by Crippen LogP contribution is -2.03. The quantitative estimate of drug-likeness (QED) is 0.0405. The number of hydrogen-bond donors (Lipinski definition) is 0. The molecule has 4 nitrogen and oxygen atoms in total. The van der Waals surface area contributed by atoms with Crippen LogP contribution in [0.1, 0.15) is 174 Å². The summed E-state index contributed by atoms with van der Waals surface area (Å²) in [4.78, 5) is 11.6. The van der Waals surface area contributed by atoms with Crippen molar-refractivity contribution in [2.24, 2.45) is 0 Å². The van der Waals surface area contributed by atoms with Gasteiger partial charge in [-0.3, -0.25) is 0 Å². The molecule has 4 heteroatoms. The van der Waals surface area contributed by atoms with E-state index in [4.69, 9.17) is 14.2 Å². The molecule has 3 aliphatic heterocycles. The van der Waals surface area contributed by atoms with Crippen molar-refractivity contribution in [3.05, 3.63) is 23.8 Å². The van der Waals surface area contributed by atoms with E-state index in [0.717, 1.165) is 18.4 Å². The lowest BCUT2D eigenvalue weighted by atomic mass is 10.0. The molecule has 3 rings (SSSR count). The Bertz CT molecular complexity index is 743. The number of allylic oxidation sites excluding steroid dienone is 2. The summed E-state index contributed by atoms with van der Waals surface area (Å²) in [5.41, 5.74) is 0.893. The van der Waals surface area contributed by atoms with Crippen LogP contribution in [0, 0.1) is 0 Å². The van der Waals surface area contributed by atoms with Crippen molar-refractivity contribution in [3.8, 4) is 0 Å². The van der Waals surface area contributed by atoms with Gasteiger partial charge in [-0.05, 0) is 70.8 Å². The Balaban J connectivity index is 0.994. The molecule has 0 N–H and O–H groups in total. The minimum Gasteiger partial charge on any atom is -0.455 e. The van der Waals surface area contributed by atoms with Crippen LogP contribution in [0.2, 0.25) is 0 Å². The highest BCUT2D eigenvalue weighted by molar-refractivity contribution is 5.90. The van der Waals surface area contributed by atoms with Crippen molar-refractivity contribution in [2.45, 2.75) is 205 Å². The van der Waals surface area contributed by atoms with Gasteiger partial charge >= 0.3 is 5.97 Å². The molecular weight excluding hydrogens is 508 g/mol. The number of carbonyl (C=O) groups excluding carboxylic acids is 1. The monoisotopic (exact) mass is 572 g/mol. The van der Waals surface area contributed by atoms with E-state index in [9.17, 15) is 4.79 Å². The van der Waals surface area contributed by atoms with Gasteiger partial charge in [0, 0.05) is 5.57 Å². The van der Waals surface area contributed by atoms with Gasteiger partial charge in [0.15, 0.2) is 0 Å². The van der Waals surface area contributed by atoms with Crippen molar-refractivity contribution < 1.29 is 19.0 Å². The van der Waals surface area contributed by atoms with Crippen LogP contribution in [-0.4, -0.2) is 36.5 Å². The fourth-order valence-corrected chi connectivity index (χ4v) is 6.49. The lowest BCUT2D eigenvalue weighted by molar-refractivity contribution is -0.139. The molecule has 2 saturated heterocycles. The topological polar surface area (TPSA) is 51.4 Å². The zero-order valence-electron chi connectivity index (χ0n) is 26.9. The van der Waals surface area contributed by atoms with Crippen molar-refractivity contribution in [2.75, 3.05) is 0 Å². The molecule has 3 aliphatic rings. The Morgan fingerprint density at radius 2 is 1.07 bits per heavy atom. The minimum atomic E-state index is -0.0966. The summed E-state index contributed by atoms with van der Waals surface area (Å²) < 4.78 is 17.0. The predicted octanol–water partition coefficient (Wildman–Crippen LogP) is 10.7. The van der Waals surface area contributed by atoms with Gasteiger partial charge in [0.1, 0.15) is 6.10 Å². The molecule has 0 amide bonds. The van der Waals surface area contributed by atoms with Gasteiger partial charge in [0.05, 0.1) is 24.4 Å². The van der Waals surface area contributed by atoms with Gasteiger partial charge in [-0.15, -0.1) is 0 Å². The summed E-state index contributed by atoms with van der Waals surface area (Å²) in [6, 6.07) is 0. The normalized spacial score (nSPS) is 25.2. The third kappa shape index (κ3) is 16.3. The Hall–Kier alpha value is -1.13. The first kappa shape index (κ1) is 34.4. The summed E-state index contributed by atoms with van der Waals surface area (Å²) in [6.45, 7) is 4.22. The molecular formula is C37H64O4. The van der Waals surface area contributed by atoms with Crippen LogP contribution < -0.4 is 0 Å². The van der Waals surface area contributed by atoms with Gasteiger partial charge in [-0.25, -0.2) is 4.79 Å². The van der Waals surface area contributed by atoms with E-state index < -0.39 is 0 Å². The van der Waals surface area contributed by atoms with Gasteiger partial charge in [0.25, 0.3) is 0 Å². The van der Waals surface area contributed by atoms with Crippen LogP contribution in [0.15, 0.2) is 23.8 Å². The van der Waals surface area contributed by atoms with Crippen LogP contribution in [0.25, 0.3) is 0 Å². The molecule has 236 valence electrons. The maximum absolute atomic E-state index is 11.6. The first-order valence-corrected chi connectivity index (χ1v) is 18.0. The van der Waals surface area contributed by atoms with Crippen LogP contribution in [0.4, 0.5) is 0 Å². The van der Waals surface area contributed by atoms with Crippen LogP contribution in [0.3, 0.4) is 0 Å². The SMILES string of the molecule is CCCCCCCCCC/C=C/CC[C@@H]1O[C@@H]1CC[C@H]1O[C@@H]1CCCCCCCCCCCCC1=C[C@@H](C)OC1=O.